The minimum absolute atomic E-state index is 0.0197. The molecule has 2 rings (SSSR count). The monoisotopic (exact) mass is 218 g/mol. The third-order valence-electron chi connectivity index (χ3n) is 2.46. The van der Waals surface area contributed by atoms with E-state index in [9.17, 15) is 4.79 Å². The summed E-state index contributed by atoms with van der Waals surface area (Å²) < 4.78 is 1.96. The summed E-state index contributed by atoms with van der Waals surface area (Å²) in [5.41, 5.74) is 8.23. The van der Waals surface area contributed by atoms with Gasteiger partial charge in [-0.2, -0.15) is 0 Å². The molecule has 16 heavy (non-hydrogen) atoms. The van der Waals surface area contributed by atoms with E-state index in [-0.39, 0.29) is 12.5 Å². The Hall–Kier alpha value is -1.88. The van der Waals surface area contributed by atoms with Gasteiger partial charge in [-0.3, -0.25) is 4.79 Å². The molecule has 1 aromatic heterocycles. The third kappa shape index (κ3) is 2.04. The molecule has 1 heterocycles. The predicted octanol–water partition coefficient (Wildman–Crippen LogP) is 0.148. The van der Waals surface area contributed by atoms with E-state index in [1.54, 1.807) is 6.33 Å². The molecule has 0 aliphatic heterocycles. The molecule has 0 unspecified atom stereocenters. The maximum absolute atomic E-state index is 11.0. The molecule has 0 atom stereocenters. The van der Waals surface area contributed by atoms with Crippen LogP contribution in [0.4, 0.5) is 0 Å². The van der Waals surface area contributed by atoms with Gasteiger partial charge in [0.05, 0.1) is 23.9 Å². The van der Waals surface area contributed by atoms with Gasteiger partial charge in [-0.05, 0) is 17.7 Å². The Labute approximate surface area is 93.3 Å². The number of fused-ring (bicyclic) bond motifs is 1. The number of aryl methyl sites for hydroxylation is 1. The van der Waals surface area contributed by atoms with E-state index in [1.165, 1.54) is 0 Å². The average molecular weight is 218 g/mol. The summed E-state index contributed by atoms with van der Waals surface area (Å²) in [5, 5.41) is 2.72. The standard InChI is InChI=1S/C11H14N4O/c1-15-7-14-9-4-8(2-3-10(9)15)6-13-11(16)5-12/h2-4,7H,5-6,12H2,1H3,(H,13,16). The Morgan fingerprint density at radius 2 is 2.38 bits per heavy atom. The largest absolute Gasteiger partial charge is 0.351 e. The fourth-order valence-corrected chi connectivity index (χ4v) is 1.56. The first-order valence-corrected chi connectivity index (χ1v) is 5.07. The van der Waals surface area contributed by atoms with E-state index < -0.39 is 0 Å². The first kappa shape index (κ1) is 10.6. The van der Waals surface area contributed by atoms with Gasteiger partial charge in [0, 0.05) is 13.6 Å². The van der Waals surface area contributed by atoms with Crippen molar-refractivity contribution in [3.63, 3.8) is 0 Å². The number of imidazole rings is 1. The van der Waals surface area contributed by atoms with Gasteiger partial charge >= 0.3 is 0 Å². The number of rotatable bonds is 3. The maximum Gasteiger partial charge on any atom is 0.234 e. The Bertz CT molecular complexity index is 518. The summed E-state index contributed by atoms with van der Waals surface area (Å²) in [7, 11) is 1.95. The Morgan fingerprint density at radius 1 is 1.56 bits per heavy atom. The van der Waals surface area contributed by atoms with E-state index in [1.807, 2.05) is 29.8 Å². The highest BCUT2D eigenvalue weighted by molar-refractivity contribution is 5.78. The number of carbonyl (C=O) groups is 1. The highest BCUT2D eigenvalue weighted by atomic mass is 16.1. The molecule has 0 bridgehead atoms. The highest BCUT2D eigenvalue weighted by Crippen LogP contribution is 2.13. The number of nitrogens with zero attached hydrogens (tertiary/aromatic N) is 2. The summed E-state index contributed by atoms with van der Waals surface area (Å²) in [4.78, 5) is 15.2. The summed E-state index contributed by atoms with van der Waals surface area (Å²) in [6, 6.07) is 5.93. The number of amides is 1. The van der Waals surface area contributed by atoms with Crippen LogP contribution >= 0.6 is 0 Å². The van der Waals surface area contributed by atoms with Crippen LogP contribution < -0.4 is 11.1 Å². The van der Waals surface area contributed by atoms with Crippen LogP contribution in [0.25, 0.3) is 11.0 Å². The molecule has 0 saturated carbocycles. The minimum atomic E-state index is -0.152. The zero-order chi connectivity index (χ0) is 11.5. The van der Waals surface area contributed by atoms with Crippen LogP contribution in [0.1, 0.15) is 5.56 Å². The normalized spacial score (nSPS) is 10.6. The van der Waals surface area contributed by atoms with E-state index in [4.69, 9.17) is 5.73 Å². The van der Waals surface area contributed by atoms with Gasteiger partial charge in [0.15, 0.2) is 0 Å². The molecule has 84 valence electrons. The van der Waals surface area contributed by atoms with Gasteiger partial charge in [0.25, 0.3) is 0 Å². The van der Waals surface area contributed by atoms with Crippen molar-refractivity contribution in [3.8, 4) is 0 Å². The van der Waals surface area contributed by atoms with Gasteiger partial charge in [-0.1, -0.05) is 6.07 Å². The highest BCUT2D eigenvalue weighted by Gasteiger charge is 2.02. The van der Waals surface area contributed by atoms with Crippen molar-refractivity contribution in [1.82, 2.24) is 14.9 Å². The first-order valence-electron chi connectivity index (χ1n) is 5.07. The average Bonchev–Trinajstić information content (AvgIpc) is 2.67. The molecule has 0 fully saturated rings. The molecule has 0 aliphatic carbocycles. The molecule has 5 nitrogen and oxygen atoms in total. The van der Waals surface area contributed by atoms with Gasteiger partial charge < -0.3 is 15.6 Å². The van der Waals surface area contributed by atoms with Crippen molar-refractivity contribution in [2.24, 2.45) is 12.8 Å². The molecule has 2 aromatic rings. The lowest BCUT2D eigenvalue weighted by Crippen LogP contribution is -2.29. The number of aromatic nitrogens is 2. The van der Waals surface area contributed by atoms with E-state index in [0.29, 0.717) is 6.54 Å². The van der Waals surface area contributed by atoms with Gasteiger partial charge in [-0.25, -0.2) is 4.98 Å². The van der Waals surface area contributed by atoms with Gasteiger partial charge in [0.1, 0.15) is 0 Å². The van der Waals surface area contributed by atoms with Crippen LogP contribution in [0.15, 0.2) is 24.5 Å². The molecular formula is C11H14N4O. The Morgan fingerprint density at radius 3 is 3.12 bits per heavy atom. The summed E-state index contributed by atoms with van der Waals surface area (Å²) >= 11 is 0. The molecule has 0 radical (unpaired) electrons. The lowest BCUT2D eigenvalue weighted by atomic mass is 10.2. The molecule has 0 aliphatic rings. The summed E-state index contributed by atoms with van der Waals surface area (Å²) in [6.07, 6.45) is 1.77. The van der Waals surface area contributed by atoms with Crippen molar-refractivity contribution in [3.05, 3.63) is 30.1 Å². The number of nitrogens with one attached hydrogen (secondary N) is 1. The van der Waals surface area contributed by atoms with Crippen LogP contribution in [-0.4, -0.2) is 22.0 Å². The van der Waals surface area contributed by atoms with Crippen LogP contribution in [0.3, 0.4) is 0 Å². The van der Waals surface area contributed by atoms with Crippen LogP contribution in [-0.2, 0) is 18.4 Å². The molecule has 1 aromatic carbocycles. The van der Waals surface area contributed by atoms with Crippen molar-refractivity contribution in [1.29, 1.82) is 0 Å². The predicted molar refractivity (Wildman–Crippen MR) is 61.6 cm³/mol. The fourth-order valence-electron chi connectivity index (χ4n) is 1.56. The number of hydrogen-bond donors (Lipinski definition) is 2. The zero-order valence-corrected chi connectivity index (χ0v) is 9.10. The number of benzene rings is 1. The first-order chi connectivity index (χ1) is 7.70. The van der Waals surface area contributed by atoms with Crippen molar-refractivity contribution < 1.29 is 4.79 Å². The van der Waals surface area contributed by atoms with Gasteiger partial charge in [0.2, 0.25) is 5.91 Å². The van der Waals surface area contributed by atoms with E-state index in [2.05, 4.69) is 10.3 Å². The Kier molecular flexibility index (Phi) is 2.87. The molecule has 3 N–H and O–H groups in total. The topological polar surface area (TPSA) is 72.9 Å². The molecular weight excluding hydrogens is 204 g/mol. The SMILES string of the molecule is Cn1cnc2cc(CNC(=O)CN)ccc21. The van der Waals surface area contributed by atoms with Crippen LogP contribution in [0, 0.1) is 0 Å². The summed E-state index contributed by atoms with van der Waals surface area (Å²) in [6.45, 7) is 0.508. The van der Waals surface area contributed by atoms with Crippen LogP contribution in [0.2, 0.25) is 0 Å². The quantitative estimate of drug-likeness (QED) is 0.770. The maximum atomic E-state index is 11.0. The number of nitrogens with two attached hydrogens (primary N) is 1. The van der Waals surface area contributed by atoms with Crippen LogP contribution in [0.5, 0.6) is 0 Å². The molecule has 5 heteroatoms. The zero-order valence-electron chi connectivity index (χ0n) is 9.10. The molecule has 0 spiro atoms. The van der Waals surface area contributed by atoms with E-state index in [0.717, 1.165) is 16.6 Å². The smallest absolute Gasteiger partial charge is 0.234 e. The lowest BCUT2D eigenvalue weighted by Gasteiger charge is -2.03. The second-order valence-electron chi connectivity index (χ2n) is 3.66. The minimum Gasteiger partial charge on any atom is -0.351 e. The van der Waals surface area contributed by atoms with Crippen molar-refractivity contribution in [2.45, 2.75) is 6.54 Å². The van der Waals surface area contributed by atoms with Crippen molar-refractivity contribution >= 4 is 16.9 Å². The molecule has 1 amide bonds. The number of carbonyl (C=O) groups excluding carboxylic acids is 1. The third-order valence-corrected chi connectivity index (χ3v) is 2.46. The number of hydrogen-bond acceptors (Lipinski definition) is 3. The Balaban J connectivity index is 2.17. The lowest BCUT2D eigenvalue weighted by molar-refractivity contribution is -0.119. The second kappa shape index (κ2) is 4.32. The van der Waals surface area contributed by atoms with E-state index >= 15 is 0 Å². The van der Waals surface area contributed by atoms with Gasteiger partial charge in [-0.15, -0.1) is 0 Å². The van der Waals surface area contributed by atoms with Crippen molar-refractivity contribution in [2.75, 3.05) is 6.54 Å². The summed E-state index contributed by atoms with van der Waals surface area (Å²) in [5.74, 6) is -0.152. The fraction of sp³-hybridized carbons (Fsp3) is 0.273. The molecule has 0 saturated heterocycles. The second-order valence-corrected chi connectivity index (χ2v) is 3.66.